The number of hydrogen-bond donors (Lipinski definition) is 1. The van der Waals surface area contributed by atoms with Crippen LogP contribution in [0.1, 0.15) is 24.6 Å². The highest BCUT2D eigenvalue weighted by molar-refractivity contribution is 5.84. The number of carbonyl (C=O) groups is 3. The highest BCUT2D eigenvalue weighted by Gasteiger charge is 2.36. The predicted molar refractivity (Wildman–Crippen MR) is 130 cm³/mol. The number of rotatable bonds is 5. The standard InChI is InChI=1S/C25H32N6O4/c1-18-14-23(35-17-20-6-4-3-5-7-20)28-25(27-18)30-11-9-26-22(33)8-10-29(12-13-30)24(34)21-15-31(16-21)19(2)32/h3-7,14,21H,8-13,15-17H2,1-2H3,(H,26,33). The minimum Gasteiger partial charge on any atom is -0.473 e. The maximum Gasteiger partial charge on any atom is 0.229 e. The zero-order valence-corrected chi connectivity index (χ0v) is 20.3. The van der Waals surface area contributed by atoms with Gasteiger partial charge in [-0.1, -0.05) is 30.3 Å². The SMILES string of the molecule is CC(=O)N1CC(C(=O)N2CCC(=O)NCCN(c3nc(C)cc(OCc4ccccc4)n3)CC2)C1. The molecular formula is C25H32N6O4. The van der Waals surface area contributed by atoms with E-state index in [0.717, 1.165) is 11.3 Å². The third-order valence-electron chi connectivity index (χ3n) is 6.27. The monoisotopic (exact) mass is 480 g/mol. The van der Waals surface area contributed by atoms with Gasteiger partial charge >= 0.3 is 0 Å². The number of anilines is 1. The molecule has 2 aromatic rings. The van der Waals surface area contributed by atoms with Gasteiger partial charge in [0.25, 0.3) is 0 Å². The lowest BCUT2D eigenvalue weighted by Gasteiger charge is -2.40. The van der Waals surface area contributed by atoms with Crippen molar-refractivity contribution in [3.8, 4) is 5.88 Å². The second-order valence-corrected chi connectivity index (χ2v) is 8.96. The molecular weight excluding hydrogens is 448 g/mol. The van der Waals surface area contributed by atoms with Crippen LogP contribution < -0.4 is 15.0 Å². The third-order valence-corrected chi connectivity index (χ3v) is 6.27. The van der Waals surface area contributed by atoms with Gasteiger partial charge in [0.2, 0.25) is 29.5 Å². The van der Waals surface area contributed by atoms with Crippen LogP contribution in [0, 0.1) is 12.8 Å². The summed E-state index contributed by atoms with van der Waals surface area (Å²) in [6.07, 6.45) is 0.257. The summed E-state index contributed by atoms with van der Waals surface area (Å²) in [6, 6.07) is 11.7. The summed E-state index contributed by atoms with van der Waals surface area (Å²) in [4.78, 5) is 51.4. The summed E-state index contributed by atoms with van der Waals surface area (Å²) in [5.74, 6) is 0.619. The topological polar surface area (TPSA) is 108 Å². The molecule has 10 nitrogen and oxygen atoms in total. The van der Waals surface area contributed by atoms with Crippen molar-refractivity contribution in [2.75, 3.05) is 50.7 Å². The third kappa shape index (κ3) is 6.46. The fourth-order valence-electron chi connectivity index (χ4n) is 4.16. The van der Waals surface area contributed by atoms with Crippen LogP contribution >= 0.6 is 0 Å². The number of aryl methyl sites for hydroxylation is 1. The summed E-state index contributed by atoms with van der Waals surface area (Å²) in [5.41, 5.74) is 1.81. The van der Waals surface area contributed by atoms with Gasteiger partial charge in [0.05, 0.1) is 5.92 Å². The van der Waals surface area contributed by atoms with Gasteiger partial charge in [-0.2, -0.15) is 4.98 Å². The molecule has 4 rings (SSSR count). The van der Waals surface area contributed by atoms with E-state index in [0.29, 0.717) is 64.2 Å². The lowest BCUT2D eigenvalue weighted by molar-refractivity contribution is -0.147. The molecule has 10 heteroatoms. The molecule has 2 aliphatic heterocycles. The number of nitrogens with one attached hydrogen (secondary N) is 1. The summed E-state index contributed by atoms with van der Waals surface area (Å²) in [5, 5.41) is 2.91. The number of nitrogens with zero attached hydrogens (tertiary/aromatic N) is 5. The smallest absolute Gasteiger partial charge is 0.229 e. The first-order chi connectivity index (χ1) is 16.9. The molecule has 0 bridgehead atoms. The van der Waals surface area contributed by atoms with Gasteiger partial charge in [-0.3, -0.25) is 14.4 Å². The summed E-state index contributed by atoms with van der Waals surface area (Å²) >= 11 is 0. The minimum absolute atomic E-state index is 0.0205. The van der Waals surface area contributed by atoms with Crippen LogP contribution in [-0.2, 0) is 21.0 Å². The second kappa shape index (κ2) is 11.2. The lowest BCUT2D eigenvalue weighted by atomic mass is 9.98. The van der Waals surface area contributed by atoms with Crippen molar-refractivity contribution in [1.82, 2.24) is 25.1 Å². The molecule has 0 saturated carbocycles. The van der Waals surface area contributed by atoms with E-state index in [9.17, 15) is 14.4 Å². The highest BCUT2D eigenvalue weighted by Crippen LogP contribution is 2.20. The van der Waals surface area contributed by atoms with E-state index in [4.69, 9.17) is 4.74 Å². The van der Waals surface area contributed by atoms with E-state index >= 15 is 0 Å². The Hall–Kier alpha value is -3.69. The van der Waals surface area contributed by atoms with Crippen LogP contribution in [0.4, 0.5) is 5.95 Å². The number of carbonyl (C=O) groups excluding carboxylic acids is 3. The zero-order valence-electron chi connectivity index (χ0n) is 20.3. The van der Waals surface area contributed by atoms with E-state index in [1.165, 1.54) is 6.92 Å². The molecule has 0 unspecified atom stereocenters. The van der Waals surface area contributed by atoms with E-state index < -0.39 is 0 Å². The van der Waals surface area contributed by atoms with Gasteiger partial charge < -0.3 is 24.8 Å². The van der Waals surface area contributed by atoms with E-state index in [1.54, 1.807) is 15.9 Å². The molecule has 2 fully saturated rings. The normalized spacial score (nSPS) is 17.4. The van der Waals surface area contributed by atoms with E-state index in [-0.39, 0.29) is 30.1 Å². The Labute approximate surface area is 205 Å². The average Bonchev–Trinajstić information content (AvgIpc) is 2.80. The van der Waals surface area contributed by atoms with Crippen LogP contribution in [0.2, 0.25) is 0 Å². The van der Waals surface area contributed by atoms with E-state index in [2.05, 4.69) is 15.3 Å². The van der Waals surface area contributed by atoms with Crippen molar-refractivity contribution in [2.24, 2.45) is 5.92 Å². The number of ether oxygens (including phenoxy) is 1. The Bertz CT molecular complexity index is 1060. The van der Waals surface area contributed by atoms with Crippen LogP contribution in [0.15, 0.2) is 36.4 Å². The van der Waals surface area contributed by atoms with Crippen molar-refractivity contribution < 1.29 is 19.1 Å². The fraction of sp³-hybridized carbons (Fsp3) is 0.480. The largest absolute Gasteiger partial charge is 0.473 e. The molecule has 0 spiro atoms. The zero-order chi connectivity index (χ0) is 24.8. The van der Waals surface area contributed by atoms with Crippen molar-refractivity contribution in [3.05, 3.63) is 47.7 Å². The summed E-state index contributed by atoms with van der Waals surface area (Å²) < 4.78 is 5.92. The first kappa shape index (κ1) is 24.4. The molecule has 0 radical (unpaired) electrons. The molecule has 2 saturated heterocycles. The van der Waals surface area contributed by atoms with Crippen LogP contribution in [-0.4, -0.2) is 83.3 Å². The van der Waals surface area contributed by atoms with Gasteiger partial charge in [-0.15, -0.1) is 0 Å². The summed E-state index contributed by atoms with van der Waals surface area (Å²) in [7, 11) is 0. The van der Waals surface area contributed by atoms with Crippen molar-refractivity contribution >= 4 is 23.7 Å². The number of aromatic nitrogens is 2. The molecule has 3 heterocycles. The maximum atomic E-state index is 13.1. The maximum absolute atomic E-state index is 13.1. The number of likely N-dealkylation sites (tertiary alicyclic amines) is 1. The van der Waals surface area contributed by atoms with Gasteiger partial charge in [-0.25, -0.2) is 4.98 Å². The first-order valence-electron chi connectivity index (χ1n) is 12.0. The van der Waals surface area contributed by atoms with Crippen molar-refractivity contribution in [2.45, 2.75) is 26.9 Å². The average molecular weight is 481 g/mol. The molecule has 2 aliphatic rings. The molecule has 35 heavy (non-hydrogen) atoms. The predicted octanol–water partition coefficient (Wildman–Crippen LogP) is 0.997. The number of amides is 3. The van der Waals surface area contributed by atoms with Gasteiger partial charge in [0.1, 0.15) is 6.61 Å². The quantitative estimate of drug-likeness (QED) is 0.680. The van der Waals surface area contributed by atoms with Crippen molar-refractivity contribution in [3.63, 3.8) is 0 Å². The fourth-order valence-corrected chi connectivity index (χ4v) is 4.16. The van der Waals surface area contributed by atoms with Crippen LogP contribution in [0.25, 0.3) is 0 Å². The molecule has 0 aliphatic carbocycles. The Kier molecular flexibility index (Phi) is 7.79. The molecule has 3 amide bonds. The van der Waals surface area contributed by atoms with Crippen LogP contribution in [0.5, 0.6) is 5.88 Å². The molecule has 0 atom stereocenters. The number of benzene rings is 1. The minimum atomic E-state index is -0.216. The second-order valence-electron chi connectivity index (χ2n) is 8.96. The Morgan fingerprint density at radius 3 is 2.57 bits per heavy atom. The Morgan fingerprint density at radius 1 is 1.06 bits per heavy atom. The Balaban J connectivity index is 1.45. The van der Waals surface area contributed by atoms with Gasteiger partial charge in [0.15, 0.2) is 0 Å². The molecule has 1 aromatic heterocycles. The first-order valence-corrected chi connectivity index (χ1v) is 12.0. The highest BCUT2D eigenvalue weighted by atomic mass is 16.5. The van der Waals surface area contributed by atoms with Gasteiger partial charge in [-0.05, 0) is 12.5 Å². The van der Waals surface area contributed by atoms with Crippen molar-refractivity contribution in [1.29, 1.82) is 0 Å². The van der Waals surface area contributed by atoms with E-state index in [1.807, 2.05) is 42.2 Å². The van der Waals surface area contributed by atoms with Crippen LogP contribution in [0.3, 0.4) is 0 Å². The number of hydrogen-bond acceptors (Lipinski definition) is 7. The van der Waals surface area contributed by atoms with Gasteiger partial charge in [0, 0.05) is 70.9 Å². The Morgan fingerprint density at radius 2 is 1.83 bits per heavy atom. The molecule has 186 valence electrons. The molecule has 1 N–H and O–H groups in total. The molecule has 1 aromatic carbocycles. The summed E-state index contributed by atoms with van der Waals surface area (Å²) in [6.45, 7) is 6.93. The lowest BCUT2D eigenvalue weighted by Crippen LogP contribution is -2.57.